The number of amidine groups is 1. The van der Waals surface area contributed by atoms with Crippen LogP contribution in [0.5, 0.6) is 0 Å². The highest BCUT2D eigenvalue weighted by Gasteiger charge is 2.30. The molecule has 0 radical (unpaired) electrons. The molecule has 8 heteroatoms. The number of carboxylic acids is 1. The normalized spacial score (nSPS) is 17.6. The van der Waals surface area contributed by atoms with Crippen molar-refractivity contribution >= 4 is 34.7 Å². The van der Waals surface area contributed by atoms with E-state index in [1.807, 2.05) is 29.0 Å². The fourth-order valence-electron chi connectivity index (χ4n) is 3.63. The number of aliphatic carboxylic acids is 1. The van der Waals surface area contributed by atoms with Crippen molar-refractivity contribution in [3.63, 3.8) is 0 Å². The molecular weight excluding hydrogens is 408 g/mol. The Labute approximate surface area is 177 Å². The summed E-state index contributed by atoms with van der Waals surface area (Å²) in [6.45, 7) is 4.13. The van der Waals surface area contributed by atoms with Gasteiger partial charge in [0.05, 0.1) is 5.69 Å². The molecule has 1 aliphatic rings. The molecule has 0 saturated heterocycles. The average molecular weight is 429 g/mol. The number of thiophene rings is 1. The lowest BCUT2D eigenvalue weighted by Gasteiger charge is -2.35. The van der Waals surface area contributed by atoms with Gasteiger partial charge in [-0.2, -0.15) is 16.4 Å². The fraction of sp³-hybridized carbons (Fsp3) is 0.286. The second-order valence-corrected chi connectivity index (χ2v) is 8.98. The molecule has 4 rings (SSSR count). The highest BCUT2D eigenvalue weighted by atomic mass is 35.5. The van der Waals surface area contributed by atoms with Crippen molar-refractivity contribution in [1.29, 1.82) is 0 Å². The van der Waals surface area contributed by atoms with Crippen LogP contribution in [0.1, 0.15) is 30.5 Å². The highest BCUT2D eigenvalue weighted by Crippen LogP contribution is 2.29. The first-order chi connectivity index (χ1) is 13.8. The van der Waals surface area contributed by atoms with E-state index in [9.17, 15) is 9.90 Å². The molecule has 1 atom stereocenters. The quantitative estimate of drug-likeness (QED) is 0.569. The van der Waals surface area contributed by atoms with Gasteiger partial charge < -0.3 is 10.4 Å². The zero-order chi connectivity index (χ0) is 20.6. The van der Waals surface area contributed by atoms with Gasteiger partial charge >= 0.3 is 5.97 Å². The minimum absolute atomic E-state index is 0.247. The Balaban J connectivity index is 1.70. The van der Waals surface area contributed by atoms with E-state index in [0.717, 1.165) is 34.4 Å². The second-order valence-electron chi connectivity index (χ2n) is 7.80. The van der Waals surface area contributed by atoms with Gasteiger partial charge in [0, 0.05) is 39.7 Å². The zero-order valence-electron chi connectivity index (χ0n) is 16.1. The van der Waals surface area contributed by atoms with Gasteiger partial charge in [-0.25, -0.2) is 4.79 Å². The molecule has 0 fully saturated rings. The summed E-state index contributed by atoms with van der Waals surface area (Å²) in [5, 5.41) is 24.8. The van der Waals surface area contributed by atoms with E-state index in [2.05, 4.69) is 34.4 Å². The first-order valence-electron chi connectivity index (χ1n) is 9.25. The van der Waals surface area contributed by atoms with Crippen LogP contribution in [0, 0.1) is 0 Å². The molecule has 150 valence electrons. The molecule has 2 aromatic heterocycles. The van der Waals surface area contributed by atoms with Crippen molar-refractivity contribution in [3.05, 3.63) is 62.9 Å². The Kier molecular flexibility index (Phi) is 5.19. The molecule has 1 aliphatic heterocycles. The number of rotatable bonds is 5. The van der Waals surface area contributed by atoms with Crippen LogP contribution in [0.3, 0.4) is 0 Å². The number of H-pyrrole nitrogens is 1. The molecule has 6 nitrogen and oxygen atoms in total. The highest BCUT2D eigenvalue weighted by molar-refractivity contribution is 7.08. The monoisotopic (exact) mass is 428 g/mol. The minimum atomic E-state index is -0.958. The third-order valence-electron chi connectivity index (χ3n) is 4.93. The molecule has 3 N–H and O–H groups in total. The topological polar surface area (TPSA) is 90.4 Å². The van der Waals surface area contributed by atoms with Crippen LogP contribution in [-0.2, 0) is 17.6 Å². The number of aromatic nitrogens is 2. The van der Waals surface area contributed by atoms with E-state index in [1.54, 1.807) is 12.3 Å². The van der Waals surface area contributed by atoms with Crippen molar-refractivity contribution in [2.75, 3.05) is 0 Å². The van der Waals surface area contributed by atoms with E-state index in [0.29, 0.717) is 17.3 Å². The number of halogens is 1. The van der Waals surface area contributed by atoms with Gasteiger partial charge in [0.15, 0.2) is 6.04 Å². The van der Waals surface area contributed by atoms with E-state index in [-0.39, 0.29) is 5.54 Å². The van der Waals surface area contributed by atoms with Crippen LogP contribution in [0.25, 0.3) is 11.3 Å². The molecule has 0 spiro atoms. The number of carbonyl (C=O) groups is 1. The maximum atomic E-state index is 12.1. The number of fused-ring (bicyclic) bond motifs is 1. The average Bonchev–Trinajstić information content (AvgIpc) is 3.30. The van der Waals surface area contributed by atoms with Gasteiger partial charge in [0.2, 0.25) is 0 Å². The van der Waals surface area contributed by atoms with Crippen LogP contribution < -0.4 is 5.32 Å². The van der Waals surface area contributed by atoms with Crippen molar-refractivity contribution in [2.24, 2.45) is 4.99 Å². The number of nitrogens with zero attached hydrogens (tertiary/aromatic N) is 2. The SMILES string of the molecule is CC1(C)Cc2cc(Cl)ccc2C(=NC(Cc2cscc2-c2ccn[nH]2)C(=O)O)N1. The van der Waals surface area contributed by atoms with Crippen molar-refractivity contribution in [2.45, 2.75) is 38.3 Å². The summed E-state index contributed by atoms with van der Waals surface area (Å²) >= 11 is 7.71. The summed E-state index contributed by atoms with van der Waals surface area (Å²) in [6.07, 6.45) is 2.76. The first-order valence-corrected chi connectivity index (χ1v) is 10.6. The lowest BCUT2D eigenvalue weighted by molar-refractivity contribution is -0.138. The van der Waals surface area contributed by atoms with E-state index >= 15 is 0 Å². The first kappa shape index (κ1) is 19.7. The molecule has 0 bridgehead atoms. The fourth-order valence-corrected chi connectivity index (χ4v) is 4.69. The predicted molar refractivity (Wildman–Crippen MR) is 116 cm³/mol. The summed E-state index contributed by atoms with van der Waals surface area (Å²) < 4.78 is 0. The second kappa shape index (κ2) is 7.65. The third kappa shape index (κ3) is 4.21. The summed E-state index contributed by atoms with van der Waals surface area (Å²) in [6, 6.07) is 6.60. The lowest BCUT2D eigenvalue weighted by atomic mass is 9.87. The zero-order valence-corrected chi connectivity index (χ0v) is 17.6. The maximum Gasteiger partial charge on any atom is 0.328 e. The lowest BCUT2D eigenvalue weighted by Crippen LogP contribution is -2.50. The number of hydrogen-bond acceptors (Lipinski definition) is 4. The molecule has 0 aliphatic carbocycles. The Morgan fingerprint density at radius 3 is 2.90 bits per heavy atom. The molecule has 0 saturated carbocycles. The van der Waals surface area contributed by atoms with Gasteiger partial charge in [0.1, 0.15) is 5.84 Å². The molecule has 29 heavy (non-hydrogen) atoms. The van der Waals surface area contributed by atoms with Gasteiger partial charge in [0.25, 0.3) is 0 Å². The molecule has 3 aromatic rings. The van der Waals surface area contributed by atoms with E-state index in [1.165, 1.54) is 11.3 Å². The van der Waals surface area contributed by atoms with Crippen molar-refractivity contribution in [3.8, 4) is 11.3 Å². The molecule has 1 aromatic carbocycles. The summed E-state index contributed by atoms with van der Waals surface area (Å²) in [7, 11) is 0. The Morgan fingerprint density at radius 1 is 1.34 bits per heavy atom. The Morgan fingerprint density at radius 2 is 2.17 bits per heavy atom. The van der Waals surface area contributed by atoms with Gasteiger partial charge in [-0.15, -0.1) is 0 Å². The molecule has 1 unspecified atom stereocenters. The van der Waals surface area contributed by atoms with Gasteiger partial charge in [-0.05, 0) is 61.0 Å². The van der Waals surface area contributed by atoms with Crippen LogP contribution in [0.2, 0.25) is 5.02 Å². The smallest absolute Gasteiger partial charge is 0.328 e. The molecular formula is C21H21ClN4O2S. The summed E-state index contributed by atoms with van der Waals surface area (Å²) in [4.78, 5) is 16.7. The number of hydrogen-bond donors (Lipinski definition) is 3. The number of carboxylic acid groups (broad SMARTS) is 1. The summed E-state index contributed by atoms with van der Waals surface area (Å²) in [5.74, 6) is -0.362. The largest absolute Gasteiger partial charge is 0.480 e. The van der Waals surface area contributed by atoms with Crippen LogP contribution in [0.15, 0.2) is 46.2 Å². The van der Waals surface area contributed by atoms with Crippen molar-refractivity contribution < 1.29 is 9.90 Å². The number of aliphatic imine (C=N–C) groups is 1. The van der Waals surface area contributed by atoms with Crippen LogP contribution in [-0.4, -0.2) is 38.7 Å². The van der Waals surface area contributed by atoms with Gasteiger partial charge in [-0.3, -0.25) is 10.1 Å². The van der Waals surface area contributed by atoms with E-state index in [4.69, 9.17) is 11.6 Å². The van der Waals surface area contributed by atoms with Gasteiger partial charge in [-0.1, -0.05) is 11.6 Å². The third-order valence-corrected chi connectivity index (χ3v) is 5.96. The molecule has 0 amide bonds. The number of nitrogens with one attached hydrogen (secondary N) is 2. The minimum Gasteiger partial charge on any atom is -0.480 e. The van der Waals surface area contributed by atoms with E-state index < -0.39 is 12.0 Å². The summed E-state index contributed by atoms with van der Waals surface area (Å²) in [5.41, 5.74) is 4.49. The van der Waals surface area contributed by atoms with Crippen LogP contribution >= 0.6 is 22.9 Å². The van der Waals surface area contributed by atoms with Crippen LogP contribution in [0.4, 0.5) is 0 Å². The Bertz CT molecular complexity index is 1070. The Hall–Kier alpha value is -2.64. The maximum absolute atomic E-state index is 12.1. The standard InChI is InChI=1S/C21H21ClN4O2S/c1-21(2)9-12-7-14(22)3-4-15(12)19(25-21)24-18(20(27)28)8-13-10-29-11-16(13)17-5-6-23-26-17/h3-7,10-11,18H,8-9H2,1-2H3,(H,23,26)(H,24,25)(H,27,28). The number of benzene rings is 1. The molecule has 3 heterocycles. The predicted octanol–water partition coefficient (Wildman–Crippen LogP) is 4.16. The van der Waals surface area contributed by atoms with Crippen molar-refractivity contribution in [1.82, 2.24) is 15.5 Å². The number of aromatic amines is 1.